The Balaban J connectivity index is 1.74. The first-order valence-electron chi connectivity index (χ1n) is 7.86. The summed E-state index contributed by atoms with van der Waals surface area (Å²) in [4.78, 5) is 10.5. The maximum absolute atomic E-state index is 6.09. The average molecular weight is 335 g/mol. The number of aryl methyl sites for hydroxylation is 2. The van der Waals surface area contributed by atoms with Crippen LogP contribution in [0.15, 0.2) is 12.4 Å². The van der Waals surface area contributed by atoms with Crippen LogP contribution < -0.4 is 4.90 Å². The van der Waals surface area contributed by atoms with Crippen LogP contribution in [0.3, 0.4) is 0 Å². The molecule has 3 heterocycles. The van der Waals surface area contributed by atoms with E-state index in [0.29, 0.717) is 0 Å². The van der Waals surface area contributed by atoms with Crippen molar-refractivity contribution in [3.63, 3.8) is 0 Å². The van der Waals surface area contributed by atoms with E-state index >= 15 is 0 Å². The monoisotopic (exact) mass is 335 g/mol. The highest BCUT2D eigenvalue weighted by Crippen LogP contribution is 2.31. The van der Waals surface area contributed by atoms with Crippen molar-refractivity contribution in [2.45, 2.75) is 26.0 Å². The van der Waals surface area contributed by atoms with E-state index in [1.54, 1.807) is 11.3 Å². The summed E-state index contributed by atoms with van der Waals surface area (Å²) in [6, 6.07) is 0. The second-order valence-corrected chi connectivity index (χ2v) is 7.65. The van der Waals surface area contributed by atoms with Crippen LogP contribution in [0.4, 0.5) is 5.13 Å². The third kappa shape index (κ3) is 3.41. The molecule has 1 atom stereocenters. The number of ether oxygens (including phenoxy) is 1. The van der Waals surface area contributed by atoms with Crippen LogP contribution >= 0.6 is 11.3 Å². The van der Waals surface area contributed by atoms with E-state index in [-0.39, 0.29) is 5.60 Å². The van der Waals surface area contributed by atoms with Crippen LogP contribution in [-0.4, -0.2) is 53.5 Å². The molecule has 1 aliphatic heterocycles. The maximum Gasteiger partial charge on any atom is 0.185 e. The van der Waals surface area contributed by atoms with E-state index in [2.05, 4.69) is 33.7 Å². The van der Waals surface area contributed by atoms with Gasteiger partial charge in [0.15, 0.2) is 5.13 Å². The number of morpholine rings is 1. The first-order chi connectivity index (χ1) is 10.9. The number of hydrogen-bond donors (Lipinski definition) is 0. The number of nitrogens with zero attached hydrogens (tertiary/aromatic N) is 5. The van der Waals surface area contributed by atoms with Crippen LogP contribution in [0.5, 0.6) is 0 Å². The third-order valence-corrected chi connectivity index (χ3v) is 5.61. The molecular weight excluding hydrogens is 310 g/mol. The van der Waals surface area contributed by atoms with E-state index < -0.39 is 0 Å². The smallest absolute Gasteiger partial charge is 0.185 e. The fourth-order valence-electron chi connectivity index (χ4n) is 2.91. The Hall–Kier alpha value is -1.44. The molecule has 0 aliphatic carbocycles. The topological polar surface area (TPSA) is 46.4 Å². The van der Waals surface area contributed by atoms with E-state index in [1.807, 2.05) is 38.2 Å². The molecule has 126 valence electrons. The summed E-state index contributed by atoms with van der Waals surface area (Å²) in [6.45, 7) is 7.73. The van der Waals surface area contributed by atoms with Gasteiger partial charge in [0, 0.05) is 57.4 Å². The molecule has 0 spiro atoms. The van der Waals surface area contributed by atoms with Gasteiger partial charge >= 0.3 is 0 Å². The minimum atomic E-state index is -0.296. The Kier molecular flexibility index (Phi) is 4.44. The van der Waals surface area contributed by atoms with Crippen molar-refractivity contribution >= 4 is 16.5 Å². The molecule has 1 unspecified atom stereocenters. The van der Waals surface area contributed by atoms with Crippen molar-refractivity contribution in [3.05, 3.63) is 28.5 Å². The lowest BCUT2D eigenvalue weighted by atomic mass is 9.97. The number of aromatic nitrogens is 3. The molecule has 0 saturated carbocycles. The molecule has 23 heavy (non-hydrogen) atoms. The molecule has 0 aromatic carbocycles. The van der Waals surface area contributed by atoms with Crippen molar-refractivity contribution in [2.75, 3.05) is 38.7 Å². The number of rotatable bonds is 4. The first kappa shape index (κ1) is 16.4. The first-order valence-corrected chi connectivity index (χ1v) is 8.68. The van der Waals surface area contributed by atoms with Gasteiger partial charge in [-0.2, -0.15) is 5.10 Å². The summed E-state index contributed by atoms with van der Waals surface area (Å²) >= 11 is 1.78. The van der Waals surface area contributed by atoms with Gasteiger partial charge in [-0.1, -0.05) is 0 Å². The van der Waals surface area contributed by atoms with Crippen LogP contribution in [0, 0.1) is 6.92 Å². The summed E-state index contributed by atoms with van der Waals surface area (Å²) in [5.41, 5.74) is 1.98. The number of thiazole rings is 1. The fourth-order valence-corrected chi connectivity index (χ4v) is 3.94. The summed E-state index contributed by atoms with van der Waals surface area (Å²) in [6.07, 6.45) is 3.96. The molecule has 2 aromatic heterocycles. The normalized spacial score (nSPS) is 22.5. The van der Waals surface area contributed by atoms with E-state index in [9.17, 15) is 0 Å². The van der Waals surface area contributed by atoms with E-state index in [4.69, 9.17) is 4.74 Å². The fraction of sp³-hybridized carbons (Fsp3) is 0.625. The maximum atomic E-state index is 6.09. The zero-order valence-corrected chi connectivity index (χ0v) is 15.4. The predicted molar refractivity (Wildman–Crippen MR) is 93.0 cm³/mol. The molecule has 1 aliphatic rings. The van der Waals surface area contributed by atoms with Gasteiger partial charge in [0.25, 0.3) is 0 Å². The van der Waals surface area contributed by atoms with Gasteiger partial charge < -0.3 is 9.64 Å². The van der Waals surface area contributed by atoms with Crippen molar-refractivity contribution in [3.8, 4) is 0 Å². The Labute approximate surface area is 141 Å². The van der Waals surface area contributed by atoms with Gasteiger partial charge in [-0.05, 0) is 13.8 Å². The van der Waals surface area contributed by atoms with Gasteiger partial charge in [0.2, 0.25) is 0 Å². The Bertz CT molecular complexity index is 680. The highest BCUT2D eigenvalue weighted by Gasteiger charge is 2.35. The molecule has 3 rings (SSSR count). The van der Waals surface area contributed by atoms with Crippen LogP contribution in [-0.2, 0) is 23.9 Å². The SMILES string of the molecule is Cc1nc(N(C)C)sc1CN1CCOC(C)(c2cnn(C)c2)C1. The van der Waals surface area contributed by atoms with Crippen molar-refractivity contribution in [1.29, 1.82) is 0 Å². The summed E-state index contributed by atoms with van der Waals surface area (Å²) in [5, 5.41) is 5.36. The highest BCUT2D eigenvalue weighted by atomic mass is 32.1. The lowest BCUT2D eigenvalue weighted by Gasteiger charge is -2.40. The zero-order chi connectivity index (χ0) is 16.6. The lowest BCUT2D eigenvalue weighted by Crippen LogP contribution is -2.47. The largest absolute Gasteiger partial charge is 0.368 e. The van der Waals surface area contributed by atoms with Gasteiger partial charge in [-0.25, -0.2) is 4.98 Å². The van der Waals surface area contributed by atoms with Crippen molar-refractivity contribution < 1.29 is 4.74 Å². The summed E-state index contributed by atoms with van der Waals surface area (Å²) in [5.74, 6) is 0. The molecule has 1 fully saturated rings. The van der Waals surface area contributed by atoms with Crippen LogP contribution in [0.25, 0.3) is 0 Å². The molecule has 0 radical (unpaired) electrons. The molecule has 0 N–H and O–H groups in total. The summed E-state index contributed by atoms with van der Waals surface area (Å²) in [7, 11) is 6.02. The average Bonchev–Trinajstić information content (AvgIpc) is 3.07. The second kappa shape index (κ2) is 6.22. The molecule has 7 heteroatoms. The standard InChI is InChI=1S/C16H25N5OS/c1-12-14(23-15(18-12)19(3)4)10-21-6-7-22-16(2,11-21)13-8-17-20(5)9-13/h8-9H,6-7,10-11H2,1-5H3. The van der Waals surface area contributed by atoms with Crippen LogP contribution in [0.1, 0.15) is 23.1 Å². The van der Waals surface area contributed by atoms with E-state index in [0.717, 1.165) is 42.6 Å². The third-order valence-electron chi connectivity index (χ3n) is 4.30. The quantitative estimate of drug-likeness (QED) is 0.855. The van der Waals surface area contributed by atoms with E-state index in [1.165, 1.54) is 4.88 Å². The lowest BCUT2D eigenvalue weighted by molar-refractivity contribution is -0.105. The Morgan fingerprint density at radius 3 is 2.83 bits per heavy atom. The van der Waals surface area contributed by atoms with Crippen molar-refractivity contribution in [2.24, 2.45) is 7.05 Å². The minimum Gasteiger partial charge on any atom is -0.368 e. The minimum absolute atomic E-state index is 0.296. The Morgan fingerprint density at radius 2 is 2.22 bits per heavy atom. The van der Waals surface area contributed by atoms with Gasteiger partial charge in [-0.3, -0.25) is 9.58 Å². The molecule has 0 bridgehead atoms. The molecular formula is C16H25N5OS. The molecule has 2 aromatic rings. The van der Waals surface area contributed by atoms with Gasteiger partial charge in [-0.15, -0.1) is 11.3 Å². The predicted octanol–water partition coefficient (Wildman–Crippen LogP) is 2.00. The highest BCUT2D eigenvalue weighted by molar-refractivity contribution is 7.15. The second-order valence-electron chi connectivity index (χ2n) is 6.59. The number of anilines is 1. The van der Waals surface area contributed by atoms with Crippen molar-refractivity contribution in [1.82, 2.24) is 19.7 Å². The summed E-state index contributed by atoms with van der Waals surface area (Å²) < 4.78 is 7.92. The molecule has 0 amide bonds. The molecule has 6 nitrogen and oxygen atoms in total. The molecule has 1 saturated heterocycles. The van der Waals surface area contributed by atoms with Gasteiger partial charge in [0.1, 0.15) is 5.60 Å². The number of hydrogen-bond acceptors (Lipinski definition) is 6. The van der Waals surface area contributed by atoms with Crippen LogP contribution in [0.2, 0.25) is 0 Å². The van der Waals surface area contributed by atoms with Gasteiger partial charge in [0.05, 0.1) is 18.5 Å². The Morgan fingerprint density at radius 1 is 1.43 bits per heavy atom. The zero-order valence-electron chi connectivity index (χ0n) is 14.5.